The highest BCUT2D eigenvalue weighted by atomic mass is 32.2. The van der Waals surface area contributed by atoms with Crippen LogP contribution in [0.4, 0.5) is 0 Å². The molecule has 0 saturated carbocycles. The second-order valence-corrected chi connectivity index (χ2v) is 3.20. The minimum Gasteiger partial charge on any atom is -0.294 e. The molecule has 2 nitrogen and oxygen atoms in total. The van der Waals surface area contributed by atoms with E-state index in [1.54, 1.807) is 11.8 Å². The number of rotatable bonds is 1. The Morgan fingerprint density at radius 1 is 1.86 bits per heavy atom. The summed E-state index contributed by atoms with van der Waals surface area (Å²) < 4.78 is 10.0. The minimum absolute atomic E-state index is 0.227. The summed E-state index contributed by atoms with van der Waals surface area (Å²) in [5.41, 5.74) is 0. The maximum Gasteiger partial charge on any atom is 0.175 e. The Balaban J connectivity index is 2.26. The second-order valence-electron chi connectivity index (χ2n) is 1.34. The van der Waals surface area contributed by atoms with Crippen molar-refractivity contribution in [1.29, 1.82) is 0 Å². The molecule has 0 aromatic heterocycles. The zero-order valence-corrected chi connectivity index (χ0v) is 5.47. The molecular formula is C3H6NOPS. The van der Waals surface area contributed by atoms with Crippen molar-refractivity contribution in [1.82, 2.24) is 5.32 Å². The van der Waals surface area contributed by atoms with Gasteiger partial charge in [0.05, 0.1) is 5.78 Å². The molecule has 1 atom stereocenters. The summed E-state index contributed by atoms with van der Waals surface area (Å²) in [4.78, 5) is 0. The van der Waals surface area contributed by atoms with Gasteiger partial charge in [0.15, 0.2) is 8.46 Å². The van der Waals surface area contributed by atoms with Crippen molar-refractivity contribution in [2.75, 3.05) is 11.6 Å². The zero-order chi connectivity index (χ0) is 5.11. The third-order valence-electron chi connectivity index (χ3n) is 0.824. The molecule has 0 amide bonds. The largest absolute Gasteiger partial charge is 0.294 e. The Hall–Kier alpha value is 0.410. The van der Waals surface area contributed by atoms with Gasteiger partial charge >= 0.3 is 0 Å². The van der Waals surface area contributed by atoms with E-state index in [1.165, 1.54) is 0 Å². The molecule has 0 radical (unpaired) electrons. The summed E-state index contributed by atoms with van der Waals surface area (Å²) in [7, 11) is 0.240. The van der Waals surface area contributed by atoms with Gasteiger partial charge in [-0.25, -0.2) is 0 Å². The van der Waals surface area contributed by atoms with E-state index in [-0.39, 0.29) is 14.2 Å². The average molecular weight is 135 g/mol. The van der Waals surface area contributed by atoms with Crippen molar-refractivity contribution in [3.63, 3.8) is 0 Å². The molecule has 1 saturated heterocycles. The van der Waals surface area contributed by atoms with Crippen LogP contribution in [0.3, 0.4) is 0 Å². The molecule has 1 fully saturated rings. The minimum atomic E-state index is 0.227. The SMILES string of the molecule is O=PC1CSCN1. The molecule has 4 heteroatoms. The Morgan fingerprint density at radius 3 is 3.00 bits per heavy atom. The van der Waals surface area contributed by atoms with Gasteiger partial charge in [-0.15, -0.1) is 11.8 Å². The highest BCUT2D eigenvalue weighted by molar-refractivity contribution is 7.99. The third kappa shape index (κ3) is 1.41. The van der Waals surface area contributed by atoms with E-state index in [9.17, 15) is 4.57 Å². The number of hydrogen-bond donors (Lipinski definition) is 1. The van der Waals surface area contributed by atoms with Gasteiger partial charge in [-0.1, -0.05) is 0 Å². The van der Waals surface area contributed by atoms with Gasteiger partial charge in [0.1, 0.15) is 0 Å². The topological polar surface area (TPSA) is 29.1 Å². The van der Waals surface area contributed by atoms with Crippen LogP contribution >= 0.6 is 20.2 Å². The van der Waals surface area contributed by atoms with Crippen LogP contribution in [0, 0.1) is 0 Å². The van der Waals surface area contributed by atoms with E-state index in [0.29, 0.717) is 0 Å². The lowest BCUT2D eigenvalue weighted by Gasteiger charge is -1.90. The molecule has 1 rings (SSSR count). The standard InChI is InChI=1S/C3H6NOPS/c5-6-3-1-7-2-4-3/h3-4H,1-2H2. The van der Waals surface area contributed by atoms with Gasteiger partial charge in [-0.3, -0.25) is 9.88 Å². The van der Waals surface area contributed by atoms with Crippen LogP contribution in [0.15, 0.2) is 0 Å². The van der Waals surface area contributed by atoms with Gasteiger partial charge in [-0.2, -0.15) is 0 Å². The lowest BCUT2D eigenvalue weighted by atomic mass is 10.8. The highest BCUT2D eigenvalue weighted by Gasteiger charge is 2.12. The third-order valence-corrected chi connectivity index (χ3v) is 2.63. The summed E-state index contributed by atoms with van der Waals surface area (Å²) >= 11 is 1.79. The van der Waals surface area contributed by atoms with Crippen molar-refractivity contribution in [3.05, 3.63) is 0 Å². The van der Waals surface area contributed by atoms with Crippen LogP contribution in [-0.2, 0) is 4.57 Å². The fourth-order valence-corrected chi connectivity index (χ4v) is 2.08. The fraction of sp³-hybridized carbons (Fsp3) is 1.00. The van der Waals surface area contributed by atoms with Crippen molar-refractivity contribution in [3.8, 4) is 0 Å². The predicted molar refractivity (Wildman–Crippen MR) is 31.9 cm³/mol. The molecule has 1 heterocycles. The van der Waals surface area contributed by atoms with Gasteiger partial charge < -0.3 is 0 Å². The lowest BCUT2D eigenvalue weighted by molar-refractivity contribution is 0.588. The van der Waals surface area contributed by atoms with Crippen molar-refractivity contribution in [2.24, 2.45) is 0 Å². The van der Waals surface area contributed by atoms with Crippen molar-refractivity contribution >= 4 is 20.2 Å². The summed E-state index contributed by atoms with van der Waals surface area (Å²) in [5, 5.41) is 3.04. The van der Waals surface area contributed by atoms with Crippen LogP contribution < -0.4 is 5.32 Å². The second kappa shape index (κ2) is 2.65. The molecule has 0 aromatic carbocycles. The monoisotopic (exact) mass is 135 g/mol. The molecule has 1 aliphatic rings. The van der Waals surface area contributed by atoms with Crippen LogP contribution in [0.2, 0.25) is 0 Å². The van der Waals surface area contributed by atoms with Gasteiger partial charge in [0, 0.05) is 11.6 Å². The molecule has 40 valence electrons. The Kier molecular flexibility index (Phi) is 2.10. The normalized spacial score (nSPS) is 31.7. The molecule has 0 spiro atoms. The molecule has 1 aliphatic heterocycles. The van der Waals surface area contributed by atoms with E-state index < -0.39 is 0 Å². The molecule has 0 aliphatic carbocycles. The Morgan fingerprint density at radius 2 is 2.71 bits per heavy atom. The fourth-order valence-electron chi connectivity index (χ4n) is 0.452. The van der Waals surface area contributed by atoms with Crippen LogP contribution in [0.1, 0.15) is 0 Å². The lowest BCUT2D eigenvalue weighted by Crippen LogP contribution is -2.15. The van der Waals surface area contributed by atoms with Crippen molar-refractivity contribution in [2.45, 2.75) is 5.78 Å². The Labute approximate surface area is 48.3 Å². The first-order chi connectivity index (χ1) is 3.43. The van der Waals surface area contributed by atoms with E-state index >= 15 is 0 Å². The first kappa shape index (κ1) is 5.54. The zero-order valence-electron chi connectivity index (χ0n) is 3.76. The quantitative estimate of drug-likeness (QED) is 0.541. The van der Waals surface area contributed by atoms with E-state index in [2.05, 4.69) is 5.32 Å². The van der Waals surface area contributed by atoms with Crippen molar-refractivity contribution < 1.29 is 4.57 Å². The van der Waals surface area contributed by atoms with Crippen LogP contribution in [0.5, 0.6) is 0 Å². The summed E-state index contributed by atoms with van der Waals surface area (Å²) in [5.74, 6) is 2.18. The smallest absolute Gasteiger partial charge is 0.175 e. The van der Waals surface area contributed by atoms with Gasteiger partial charge in [-0.05, 0) is 0 Å². The van der Waals surface area contributed by atoms with Crippen LogP contribution in [-0.4, -0.2) is 17.4 Å². The average Bonchev–Trinajstić information content (AvgIpc) is 2.14. The van der Waals surface area contributed by atoms with Gasteiger partial charge in [0.2, 0.25) is 0 Å². The first-order valence-electron chi connectivity index (χ1n) is 2.07. The molecule has 0 aromatic rings. The number of hydrogen-bond acceptors (Lipinski definition) is 3. The molecule has 7 heavy (non-hydrogen) atoms. The summed E-state index contributed by atoms with van der Waals surface area (Å²) in [6.45, 7) is 0. The van der Waals surface area contributed by atoms with Gasteiger partial charge in [0.25, 0.3) is 0 Å². The molecule has 1 N–H and O–H groups in total. The maximum atomic E-state index is 10.0. The van der Waals surface area contributed by atoms with E-state index in [0.717, 1.165) is 11.6 Å². The first-order valence-corrected chi connectivity index (χ1v) is 4.10. The maximum absolute atomic E-state index is 10.0. The number of nitrogens with one attached hydrogen (secondary N) is 1. The molecule has 1 unspecified atom stereocenters. The molecular weight excluding hydrogens is 129 g/mol. The highest BCUT2D eigenvalue weighted by Crippen LogP contribution is 2.16. The Bertz CT molecular complexity index is 73.3. The van der Waals surface area contributed by atoms with Crippen LogP contribution in [0.25, 0.3) is 0 Å². The number of thioether (sulfide) groups is 1. The summed E-state index contributed by atoms with van der Waals surface area (Å²) in [6, 6.07) is 0. The summed E-state index contributed by atoms with van der Waals surface area (Å²) in [6.07, 6.45) is 0. The predicted octanol–water partition coefficient (Wildman–Crippen LogP) is 0.898. The van der Waals surface area contributed by atoms with E-state index in [1.807, 2.05) is 0 Å². The molecule has 0 bridgehead atoms. The van der Waals surface area contributed by atoms with E-state index in [4.69, 9.17) is 0 Å².